The van der Waals surface area contributed by atoms with E-state index in [0.717, 1.165) is 13.1 Å². The van der Waals surface area contributed by atoms with E-state index in [1.807, 2.05) is 0 Å². The highest BCUT2D eigenvalue weighted by molar-refractivity contribution is 7.09. The van der Waals surface area contributed by atoms with Gasteiger partial charge in [-0.3, -0.25) is 4.90 Å². The van der Waals surface area contributed by atoms with Crippen molar-refractivity contribution in [3.63, 3.8) is 0 Å². The third kappa shape index (κ3) is 3.89. The van der Waals surface area contributed by atoms with Gasteiger partial charge in [0.25, 0.3) is 0 Å². The van der Waals surface area contributed by atoms with E-state index in [-0.39, 0.29) is 5.41 Å². The molecule has 0 aromatic carbocycles. The van der Waals surface area contributed by atoms with E-state index in [4.69, 9.17) is 5.73 Å². The van der Waals surface area contributed by atoms with Crippen LogP contribution in [0.25, 0.3) is 0 Å². The molecule has 0 spiro atoms. The summed E-state index contributed by atoms with van der Waals surface area (Å²) in [6.07, 6.45) is 0. The van der Waals surface area contributed by atoms with Gasteiger partial charge in [0.1, 0.15) is 5.01 Å². The maximum Gasteiger partial charge on any atom is 0.107 e. The molecule has 0 atom stereocenters. The second kappa shape index (κ2) is 5.05. The Labute approximate surface area is 96.3 Å². The van der Waals surface area contributed by atoms with Crippen molar-refractivity contribution in [2.75, 3.05) is 20.1 Å². The van der Waals surface area contributed by atoms with Crippen LogP contribution in [0, 0.1) is 0 Å². The lowest BCUT2D eigenvalue weighted by atomic mass is 9.93. The van der Waals surface area contributed by atoms with Crippen LogP contribution in [0.15, 0.2) is 5.38 Å². The molecule has 0 amide bonds. The molecule has 0 unspecified atom stereocenters. The Morgan fingerprint density at radius 1 is 1.47 bits per heavy atom. The normalized spacial score (nSPS) is 12.4. The summed E-state index contributed by atoms with van der Waals surface area (Å²) >= 11 is 1.74. The molecule has 1 aromatic rings. The molecule has 0 fully saturated rings. The summed E-state index contributed by atoms with van der Waals surface area (Å²) in [5, 5.41) is 3.34. The standard InChI is InChI=1S/C11H21N3S/c1-11(2,3)9-8-15-10(13-9)7-14(4)6-5-12/h8H,5-7,12H2,1-4H3. The van der Waals surface area contributed by atoms with Crippen LogP contribution in [0.1, 0.15) is 31.5 Å². The van der Waals surface area contributed by atoms with Gasteiger partial charge in [-0.05, 0) is 7.05 Å². The van der Waals surface area contributed by atoms with Crippen LogP contribution in [0.3, 0.4) is 0 Å². The zero-order valence-corrected chi connectivity index (χ0v) is 10.9. The van der Waals surface area contributed by atoms with Gasteiger partial charge in [0.15, 0.2) is 0 Å². The van der Waals surface area contributed by atoms with E-state index in [1.165, 1.54) is 10.7 Å². The van der Waals surface area contributed by atoms with E-state index < -0.39 is 0 Å². The van der Waals surface area contributed by atoms with Crippen LogP contribution in [-0.4, -0.2) is 30.0 Å². The van der Waals surface area contributed by atoms with Crippen molar-refractivity contribution in [1.29, 1.82) is 0 Å². The quantitative estimate of drug-likeness (QED) is 0.853. The minimum atomic E-state index is 0.154. The average Bonchev–Trinajstić information content (AvgIpc) is 2.52. The van der Waals surface area contributed by atoms with Crippen LogP contribution >= 0.6 is 11.3 Å². The van der Waals surface area contributed by atoms with Gasteiger partial charge in [-0.15, -0.1) is 11.3 Å². The SMILES string of the molecule is CN(CCN)Cc1nc(C(C)(C)C)cs1. The molecule has 0 aliphatic rings. The van der Waals surface area contributed by atoms with Gasteiger partial charge in [0, 0.05) is 23.9 Å². The molecule has 1 rings (SSSR count). The molecule has 1 heterocycles. The number of likely N-dealkylation sites (N-methyl/N-ethyl adjacent to an activating group) is 1. The van der Waals surface area contributed by atoms with Crippen molar-refractivity contribution in [1.82, 2.24) is 9.88 Å². The third-order valence-electron chi connectivity index (χ3n) is 2.24. The summed E-state index contributed by atoms with van der Waals surface area (Å²) in [4.78, 5) is 6.84. The van der Waals surface area contributed by atoms with E-state index in [1.54, 1.807) is 11.3 Å². The molecular weight excluding hydrogens is 206 g/mol. The first-order valence-electron chi connectivity index (χ1n) is 5.27. The van der Waals surface area contributed by atoms with Crippen LogP contribution in [0.4, 0.5) is 0 Å². The van der Waals surface area contributed by atoms with Gasteiger partial charge < -0.3 is 5.73 Å². The number of nitrogens with two attached hydrogens (primary N) is 1. The number of thiazole rings is 1. The Balaban J connectivity index is 2.61. The molecule has 0 aliphatic carbocycles. The minimum absolute atomic E-state index is 0.154. The van der Waals surface area contributed by atoms with Crippen molar-refractivity contribution < 1.29 is 0 Å². The molecule has 4 heteroatoms. The zero-order chi connectivity index (χ0) is 11.5. The second-order valence-electron chi connectivity index (χ2n) is 4.90. The van der Waals surface area contributed by atoms with Crippen LogP contribution in [0.2, 0.25) is 0 Å². The Kier molecular flexibility index (Phi) is 4.25. The first kappa shape index (κ1) is 12.6. The van der Waals surface area contributed by atoms with Gasteiger partial charge in [0.05, 0.1) is 12.2 Å². The van der Waals surface area contributed by atoms with E-state index in [2.05, 4.69) is 43.1 Å². The molecule has 0 bridgehead atoms. The molecule has 0 aliphatic heterocycles. The first-order chi connectivity index (χ1) is 6.93. The number of aromatic nitrogens is 1. The van der Waals surface area contributed by atoms with Crippen LogP contribution in [0.5, 0.6) is 0 Å². The van der Waals surface area contributed by atoms with Gasteiger partial charge in [-0.1, -0.05) is 20.8 Å². The summed E-state index contributed by atoms with van der Waals surface area (Å²) in [7, 11) is 2.07. The summed E-state index contributed by atoms with van der Waals surface area (Å²) in [5.41, 5.74) is 6.84. The maximum atomic E-state index is 5.50. The highest BCUT2D eigenvalue weighted by Gasteiger charge is 2.17. The van der Waals surface area contributed by atoms with Crippen molar-refractivity contribution in [2.45, 2.75) is 32.7 Å². The highest BCUT2D eigenvalue weighted by atomic mass is 32.1. The van der Waals surface area contributed by atoms with E-state index in [0.29, 0.717) is 6.54 Å². The number of nitrogens with zero attached hydrogens (tertiary/aromatic N) is 2. The van der Waals surface area contributed by atoms with Crippen molar-refractivity contribution in [2.24, 2.45) is 5.73 Å². The lowest BCUT2D eigenvalue weighted by molar-refractivity contribution is 0.335. The lowest BCUT2D eigenvalue weighted by Crippen LogP contribution is -2.25. The molecule has 1 aromatic heterocycles. The molecule has 0 radical (unpaired) electrons. The molecule has 0 saturated carbocycles. The fourth-order valence-corrected chi connectivity index (χ4v) is 2.36. The third-order valence-corrected chi connectivity index (χ3v) is 3.07. The van der Waals surface area contributed by atoms with Crippen molar-refractivity contribution in [3.8, 4) is 0 Å². The Morgan fingerprint density at radius 3 is 2.60 bits per heavy atom. The summed E-state index contributed by atoms with van der Waals surface area (Å²) in [5.74, 6) is 0. The summed E-state index contributed by atoms with van der Waals surface area (Å²) in [6, 6.07) is 0. The van der Waals surface area contributed by atoms with Crippen LogP contribution in [-0.2, 0) is 12.0 Å². The average molecular weight is 227 g/mol. The number of rotatable bonds is 4. The summed E-state index contributed by atoms with van der Waals surface area (Å²) < 4.78 is 0. The fraction of sp³-hybridized carbons (Fsp3) is 0.727. The number of hydrogen-bond acceptors (Lipinski definition) is 4. The largest absolute Gasteiger partial charge is 0.329 e. The predicted octanol–water partition coefficient (Wildman–Crippen LogP) is 1.83. The molecule has 3 nitrogen and oxygen atoms in total. The van der Waals surface area contributed by atoms with E-state index >= 15 is 0 Å². The molecular formula is C11H21N3S. The smallest absolute Gasteiger partial charge is 0.107 e. The number of hydrogen-bond donors (Lipinski definition) is 1. The molecule has 0 saturated heterocycles. The maximum absolute atomic E-state index is 5.50. The fourth-order valence-electron chi connectivity index (χ4n) is 1.26. The predicted molar refractivity (Wildman–Crippen MR) is 66.2 cm³/mol. The Morgan fingerprint density at radius 2 is 2.13 bits per heavy atom. The molecule has 2 N–H and O–H groups in total. The monoisotopic (exact) mass is 227 g/mol. The van der Waals surface area contributed by atoms with Gasteiger partial charge in [-0.2, -0.15) is 0 Å². The van der Waals surface area contributed by atoms with Crippen molar-refractivity contribution in [3.05, 3.63) is 16.1 Å². The molecule has 86 valence electrons. The topological polar surface area (TPSA) is 42.1 Å². The molecule has 15 heavy (non-hydrogen) atoms. The summed E-state index contributed by atoms with van der Waals surface area (Å²) in [6.45, 7) is 9.09. The van der Waals surface area contributed by atoms with Gasteiger partial charge in [-0.25, -0.2) is 4.98 Å². The Hall–Kier alpha value is -0.450. The van der Waals surface area contributed by atoms with Gasteiger partial charge in [0.2, 0.25) is 0 Å². The lowest BCUT2D eigenvalue weighted by Gasteiger charge is -2.15. The van der Waals surface area contributed by atoms with Crippen molar-refractivity contribution >= 4 is 11.3 Å². The Bertz CT molecular complexity index is 301. The first-order valence-corrected chi connectivity index (χ1v) is 6.15. The van der Waals surface area contributed by atoms with E-state index in [9.17, 15) is 0 Å². The second-order valence-corrected chi connectivity index (χ2v) is 5.85. The minimum Gasteiger partial charge on any atom is -0.329 e. The van der Waals surface area contributed by atoms with Crippen LogP contribution < -0.4 is 5.73 Å². The zero-order valence-electron chi connectivity index (χ0n) is 10.1. The highest BCUT2D eigenvalue weighted by Crippen LogP contribution is 2.24. The van der Waals surface area contributed by atoms with Gasteiger partial charge >= 0.3 is 0 Å².